The molecule has 5 N–H and O–H groups in total. The number of hydrogen-bond donors (Lipinski definition) is 4. The number of nitrogens with two attached hydrogens (primary N) is 1. The van der Waals surface area contributed by atoms with Gasteiger partial charge >= 0.3 is 0 Å². The summed E-state index contributed by atoms with van der Waals surface area (Å²) in [5, 5.41) is 18.0. The Morgan fingerprint density at radius 2 is 1.79 bits per heavy atom. The highest BCUT2D eigenvalue weighted by Crippen LogP contribution is 2.38. The molecule has 6 heteroatoms. The molecule has 0 bridgehead atoms. The molecule has 0 fully saturated rings. The van der Waals surface area contributed by atoms with Gasteiger partial charge in [-0.2, -0.15) is 0 Å². The van der Waals surface area contributed by atoms with Crippen molar-refractivity contribution in [2.45, 2.75) is 32.6 Å². The van der Waals surface area contributed by atoms with E-state index in [0.717, 1.165) is 53.4 Å². The molecule has 0 saturated carbocycles. The molecular formula is C22H22N4O2. The minimum atomic E-state index is -0.540. The summed E-state index contributed by atoms with van der Waals surface area (Å²) in [5.41, 5.74) is 15.2. The second-order valence-corrected chi connectivity index (χ2v) is 7.19. The molecule has 1 heterocycles. The lowest BCUT2D eigenvalue weighted by Gasteiger charge is -2.23. The number of benzene rings is 2. The number of nitrogens with one attached hydrogen (secondary N) is 2. The van der Waals surface area contributed by atoms with Crippen molar-refractivity contribution in [3.05, 3.63) is 58.7 Å². The van der Waals surface area contributed by atoms with Crippen LogP contribution in [0.4, 0.5) is 5.69 Å². The quantitative estimate of drug-likeness (QED) is 0.241. The van der Waals surface area contributed by atoms with Gasteiger partial charge in [0.25, 0.3) is 5.91 Å². The summed E-state index contributed by atoms with van der Waals surface area (Å²) in [6, 6.07) is 10.8. The van der Waals surface area contributed by atoms with Crippen LogP contribution in [0.3, 0.4) is 0 Å². The molecule has 6 nitrogen and oxygen atoms in total. The van der Waals surface area contributed by atoms with Crippen LogP contribution in [0, 0.1) is 5.41 Å². The molecule has 1 aliphatic carbocycles. The van der Waals surface area contributed by atoms with E-state index in [9.17, 15) is 4.79 Å². The van der Waals surface area contributed by atoms with Gasteiger partial charge in [-0.05, 0) is 68.0 Å². The number of pyridine rings is 1. The van der Waals surface area contributed by atoms with Crippen LogP contribution in [-0.2, 0) is 12.8 Å². The number of hydrogen-bond acceptors (Lipinski definition) is 5. The van der Waals surface area contributed by atoms with Crippen LogP contribution in [0.25, 0.3) is 22.2 Å². The van der Waals surface area contributed by atoms with E-state index in [0.29, 0.717) is 17.0 Å². The lowest BCUT2D eigenvalue weighted by Crippen LogP contribution is -2.18. The smallest absolute Gasteiger partial charge is 0.274 e. The Bertz CT molecular complexity index is 1100. The largest absolute Gasteiger partial charge is 0.398 e. The van der Waals surface area contributed by atoms with Gasteiger partial charge < -0.3 is 11.1 Å². The molecule has 1 aliphatic rings. The monoisotopic (exact) mass is 374 g/mol. The van der Waals surface area contributed by atoms with E-state index in [-0.39, 0.29) is 0 Å². The molecule has 4 rings (SSSR count). The summed E-state index contributed by atoms with van der Waals surface area (Å²) in [6.07, 6.45) is 4.07. The van der Waals surface area contributed by atoms with Crippen molar-refractivity contribution >= 4 is 28.2 Å². The predicted octanol–water partition coefficient (Wildman–Crippen LogP) is 3.87. The molecule has 3 aromatic rings. The van der Waals surface area contributed by atoms with E-state index < -0.39 is 5.91 Å². The zero-order valence-corrected chi connectivity index (χ0v) is 15.7. The summed E-state index contributed by atoms with van der Waals surface area (Å²) in [4.78, 5) is 16.5. The fourth-order valence-electron chi connectivity index (χ4n) is 4.12. The van der Waals surface area contributed by atoms with Crippen LogP contribution in [0.5, 0.6) is 0 Å². The number of fused-ring (bicyclic) bond motifs is 3. The average Bonchev–Trinajstić information content (AvgIpc) is 2.72. The molecule has 0 unspecified atom stereocenters. The number of amides is 1. The number of anilines is 1. The lowest BCUT2D eigenvalue weighted by molar-refractivity contribution is 0.0706. The fraction of sp³-hybridized carbons (Fsp3) is 0.227. The van der Waals surface area contributed by atoms with Crippen molar-refractivity contribution in [1.29, 1.82) is 5.41 Å². The van der Waals surface area contributed by atoms with Gasteiger partial charge in [0.1, 0.15) is 0 Å². The number of carbonyl (C=O) groups excluding carboxylic acids is 1. The standard InChI is InChI=1S/C22H22N4O2/c1-12(23)19-17(24)10-11-18-20(19)15-4-2-3-5-16(15)21(25-18)13-6-8-14(9-7-13)22(27)26-28/h6-11,23,28H,2-5,24H2,1H3,(H,26,27). The van der Waals surface area contributed by atoms with Crippen LogP contribution in [0.1, 0.15) is 46.8 Å². The number of hydroxylamine groups is 1. The SMILES string of the molecule is CC(=N)c1c(N)ccc2nc(-c3ccc(C(=O)NO)cc3)c3c(c12)CCCC3. The van der Waals surface area contributed by atoms with Gasteiger partial charge in [-0.1, -0.05) is 12.1 Å². The Morgan fingerprint density at radius 3 is 2.43 bits per heavy atom. The highest BCUT2D eigenvalue weighted by atomic mass is 16.5. The number of rotatable bonds is 3. The molecule has 0 spiro atoms. The van der Waals surface area contributed by atoms with Crippen LogP contribution in [0.15, 0.2) is 36.4 Å². The zero-order chi connectivity index (χ0) is 19.8. The van der Waals surface area contributed by atoms with Gasteiger partial charge in [0.05, 0.1) is 11.2 Å². The molecule has 1 aromatic heterocycles. The maximum atomic E-state index is 11.6. The maximum absolute atomic E-state index is 11.6. The Balaban J connectivity index is 1.97. The predicted molar refractivity (Wildman–Crippen MR) is 110 cm³/mol. The molecule has 1 amide bonds. The lowest BCUT2D eigenvalue weighted by atomic mass is 9.84. The molecular weight excluding hydrogens is 352 g/mol. The van der Waals surface area contributed by atoms with E-state index in [4.69, 9.17) is 21.3 Å². The number of nitrogens with zero attached hydrogens (tertiary/aromatic N) is 1. The topological polar surface area (TPSA) is 112 Å². The minimum Gasteiger partial charge on any atom is -0.398 e. The van der Waals surface area contributed by atoms with Crippen LogP contribution < -0.4 is 11.2 Å². The molecule has 0 saturated heterocycles. The summed E-state index contributed by atoms with van der Waals surface area (Å²) < 4.78 is 0. The third kappa shape index (κ3) is 2.92. The number of nitrogen functional groups attached to an aromatic ring is 1. The molecule has 142 valence electrons. The summed E-state index contributed by atoms with van der Waals surface area (Å²) in [7, 11) is 0. The summed E-state index contributed by atoms with van der Waals surface area (Å²) in [5.74, 6) is -0.540. The first kappa shape index (κ1) is 18.1. The Labute approximate surface area is 162 Å². The second-order valence-electron chi connectivity index (χ2n) is 7.19. The third-order valence-corrected chi connectivity index (χ3v) is 5.40. The number of aryl methyl sites for hydroxylation is 1. The van der Waals surface area contributed by atoms with E-state index in [1.54, 1.807) is 24.5 Å². The second kappa shape index (κ2) is 7.05. The van der Waals surface area contributed by atoms with E-state index >= 15 is 0 Å². The van der Waals surface area contributed by atoms with E-state index in [1.165, 1.54) is 11.1 Å². The first-order valence-corrected chi connectivity index (χ1v) is 9.35. The average molecular weight is 374 g/mol. The van der Waals surface area contributed by atoms with Crippen LogP contribution in [-0.4, -0.2) is 21.8 Å². The van der Waals surface area contributed by atoms with E-state index in [2.05, 4.69) is 0 Å². The first-order chi connectivity index (χ1) is 13.5. The molecule has 0 aliphatic heterocycles. The fourth-order valence-corrected chi connectivity index (χ4v) is 4.12. The van der Waals surface area contributed by atoms with Crippen LogP contribution in [0.2, 0.25) is 0 Å². The minimum absolute atomic E-state index is 0.385. The maximum Gasteiger partial charge on any atom is 0.274 e. The van der Waals surface area contributed by atoms with E-state index in [1.807, 2.05) is 24.3 Å². The normalized spacial score (nSPS) is 13.2. The first-order valence-electron chi connectivity index (χ1n) is 9.35. The molecule has 28 heavy (non-hydrogen) atoms. The Morgan fingerprint density at radius 1 is 1.11 bits per heavy atom. The highest BCUT2D eigenvalue weighted by molar-refractivity contribution is 6.13. The highest BCUT2D eigenvalue weighted by Gasteiger charge is 2.22. The number of carbonyl (C=O) groups is 1. The van der Waals surface area contributed by atoms with Gasteiger partial charge in [0.15, 0.2) is 0 Å². The summed E-state index contributed by atoms with van der Waals surface area (Å²) in [6.45, 7) is 1.76. The van der Waals surface area contributed by atoms with Gasteiger partial charge in [-0.3, -0.25) is 10.0 Å². The van der Waals surface area contributed by atoms with Crippen molar-refractivity contribution in [3.63, 3.8) is 0 Å². The van der Waals surface area contributed by atoms with Crippen LogP contribution >= 0.6 is 0 Å². The van der Waals surface area contributed by atoms with Gasteiger partial charge in [0.2, 0.25) is 0 Å². The van der Waals surface area contributed by atoms with Gasteiger partial charge in [-0.15, -0.1) is 0 Å². The zero-order valence-electron chi connectivity index (χ0n) is 15.7. The summed E-state index contributed by atoms with van der Waals surface area (Å²) >= 11 is 0. The molecule has 2 aromatic carbocycles. The Hall–Kier alpha value is -3.25. The number of aromatic nitrogens is 1. The molecule has 0 radical (unpaired) electrons. The Kier molecular flexibility index (Phi) is 4.57. The van der Waals surface area contributed by atoms with Crippen molar-refractivity contribution < 1.29 is 10.0 Å². The molecule has 0 atom stereocenters. The van der Waals surface area contributed by atoms with Crippen molar-refractivity contribution in [3.8, 4) is 11.3 Å². The third-order valence-electron chi connectivity index (χ3n) is 5.40. The van der Waals surface area contributed by atoms with Crippen molar-refractivity contribution in [2.24, 2.45) is 0 Å². The van der Waals surface area contributed by atoms with Gasteiger partial charge in [-0.25, -0.2) is 10.5 Å². The van der Waals surface area contributed by atoms with Crippen molar-refractivity contribution in [1.82, 2.24) is 10.5 Å². The van der Waals surface area contributed by atoms with Gasteiger partial charge in [0, 0.05) is 33.5 Å². The van der Waals surface area contributed by atoms with Crippen molar-refractivity contribution in [2.75, 3.05) is 5.73 Å².